The summed E-state index contributed by atoms with van der Waals surface area (Å²) in [5.74, 6) is 2.44. The molecule has 1 aliphatic heterocycles. The molecule has 0 radical (unpaired) electrons. The molecule has 82 valence electrons. The van der Waals surface area contributed by atoms with E-state index in [1.807, 2.05) is 6.92 Å². The molecule has 0 saturated carbocycles. The molecule has 2 rings (SSSR count). The van der Waals surface area contributed by atoms with Gasteiger partial charge in [-0.15, -0.1) is 11.6 Å². The number of halogens is 2. The molecule has 1 aliphatic rings. The lowest BCUT2D eigenvalue weighted by molar-refractivity contribution is 0.728. The van der Waals surface area contributed by atoms with Crippen LogP contribution >= 0.6 is 27.5 Å². The van der Waals surface area contributed by atoms with Crippen LogP contribution in [0.2, 0.25) is 0 Å². The Morgan fingerprint density at radius 1 is 1.67 bits per heavy atom. The van der Waals surface area contributed by atoms with Gasteiger partial charge in [-0.25, -0.2) is 9.97 Å². The maximum atomic E-state index is 5.94. The first-order valence-electron chi connectivity index (χ1n) is 5.04. The summed E-state index contributed by atoms with van der Waals surface area (Å²) in [6.07, 6.45) is 4.15. The molecule has 3 nitrogen and oxygen atoms in total. The van der Waals surface area contributed by atoms with Crippen LogP contribution in [0.5, 0.6) is 0 Å². The Bertz CT molecular complexity index is 359. The van der Waals surface area contributed by atoms with E-state index in [9.17, 15) is 0 Å². The van der Waals surface area contributed by atoms with Gasteiger partial charge < -0.3 is 4.90 Å². The number of hydrogen-bond acceptors (Lipinski definition) is 3. The molecule has 0 aliphatic carbocycles. The smallest absolute Gasteiger partial charge is 0.146 e. The van der Waals surface area contributed by atoms with Gasteiger partial charge >= 0.3 is 0 Å². The number of aryl methyl sites for hydroxylation is 1. The summed E-state index contributed by atoms with van der Waals surface area (Å²) in [6, 6.07) is 0.414. The van der Waals surface area contributed by atoms with Gasteiger partial charge in [-0.2, -0.15) is 0 Å². The predicted molar refractivity (Wildman–Crippen MR) is 65.6 cm³/mol. The number of alkyl halides is 1. The fourth-order valence-corrected chi connectivity index (χ4v) is 2.66. The second-order valence-corrected chi connectivity index (χ2v) is 4.90. The zero-order valence-electron chi connectivity index (χ0n) is 8.58. The Kier molecular flexibility index (Phi) is 3.46. The Morgan fingerprint density at radius 3 is 3.20 bits per heavy atom. The minimum absolute atomic E-state index is 0.414. The van der Waals surface area contributed by atoms with Gasteiger partial charge in [0.05, 0.1) is 4.47 Å². The van der Waals surface area contributed by atoms with E-state index in [1.54, 1.807) is 6.20 Å². The summed E-state index contributed by atoms with van der Waals surface area (Å²) in [5.41, 5.74) is 0. The van der Waals surface area contributed by atoms with Crippen molar-refractivity contribution in [2.45, 2.75) is 25.8 Å². The lowest BCUT2D eigenvalue weighted by atomic mass is 10.2. The van der Waals surface area contributed by atoms with Gasteiger partial charge in [-0.1, -0.05) is 0 Å². The Morgan fingerprint density at radius 2 is 2.47 bits per heavy atom. The molecule has 1 saturated heterocycles. The van der Waals surface area contributed by atoms with Gasteiger partial charge in [-0.3, -0.25) is 0 Å². The molecule has 0 amide bonds. The SMILES string of the molecule is Cc1ncc(Br)c(N2CCCC2CCl)n1. The molecule has 1 unspecified atom stereocenters. The van der Waals surface area contributed by atoms with E-state index in [1.165, 1.54) is 6.42 Å². The summed E-state index contributed by atoms with van der Waals surface area (Å²) in [5, 5.41) is 0. The highest BCUT2D eigenvalue weighted by molar-refractivity contribution is 9.10. The number of anilines is 1. The van der Waals surface area contributed by atoms with Crippen molar-refractivity contribution < 1.29 is 0 Å². The zero-order valence-corrected chi connectivity index (χ0v) is 10.9. The number of hydrogen-bond donors (Lipinski definition) is 0. The predicted octanol–water partition coefficient (Wildman–Crippen LogP) is 2.76. The van der Waals surface area contributed by atoms with Crippen LogP contribution in [-0.2, 0) is 0 Å². The van der Waals surface area contributed by atoms with Crippen molar-refractivity contribution in [2.75, 3.05) is 17.3 Å². The average molecular weight is 291 g/mol. The average Bonchev–Trinajstić information content (AvgIpc) is 2.69. The summed E-state index contributed by atoms with van der Waals surface area (Å²) in [4.78, 5) is 10.9. The quantitative estimate of drug-likeness (QED) is 0.784. The van der Waals surface area contributed by atoms with Crippen molar-refractivity contribution in [1.29, 1.82) is 0 Å². The Balaban J connectivity index is 2.31. The monoisotopic (exact) mass is 289 g/mol. The van der Waals surface area contributed by atoms with E-state index >= 15 is 0 Å². The number of nitrogens with zero attached hydrogens (tertiary/aromatic N) is 3. The molecule has 1 aromatic rings. The van der Waals surface area contributed by atoms with Crippen LogP contribution in [-0.4, -0.2) is 28.4 Å². The third-order valence-corrected chi connectivity index (χ3v) is 3.59. The first-order chi connectivity index (χ1) is 7.22. The first kappa shape index (κ1) is 11.1. The van der Waals surface area contributed by atoms with Crippen LogP contribution in [0.25, 0.3) is 0 Å². The molecule has 1 atom stereocenters. The van der Waals surface area contributed by atoms with E-state index in [-0.39, 0.29) is 0 Å². The first-order valence-corrected chi connectivity index (χ1v) is 6.37. The topological polar surface area (TPSA) is 29.0 Å². The maximum absolute atomic E-state index is 5.94. The highest BCUT2D eigenvalue weighted by Crippen LogP contribution is 2.30. The summed E-state index contributed by atoms with van der Waals surface area (Å²) in [7, 11) is 0. The van der Waals surface area contributed by atoms with E-state index < -0.39 is 0 Å². The summed E-state index contributed by atoms with van der Waals surface area (Å²) >= 11 is 9.43. The number of aromatic nitrogens is 2. The molecule has 1 fully saturated rings. The van der Waals surface area contributed by atoms with Crippen molar-refractivity contribution in [3.8, 4) is 0 Å². The Hall–Kier alpha value is -0.350. The molecular weight excluding hydrogens is 277 g/mol. The number of rotatable bonds is 2. The second kappa shape index (κ2) is 4.66. The van der Waals surface area contributed by atoms with Crippen LogP contribution in [0.3, 0.4) is 0 Å². The molecule has 5 heteroatoms. The van der Waals surface area contributed by atoms with Gasteiger partial charge in [0.1, 0.15) is 11.6 Å². The maximum Gasteiger partial charge on any atom is 0.146 e. The van der Waals surface area contributed by atoms with Gasteiger partial charge in [0.2, 0.25) is 0 Å². The van der Waals surface area contributed by atoms with Crippen LogP contribution in [0.1, 0.15) is 18.7 Å². The van der Waals surface area contributed by atoms with Crippen molar-refractivity contribution in [1.82, 2.24) is 9.97 Å². The van der Waals surface area contributed by atoms with Crippen LogP contribution in [0.4, 0.5) is 5.82 Å². The van der Waals surface area contributed by atoms with E-state index in [0.29, 0.717) is 11.9 Å². The van der Waals surface area contributed by atoms with Crippen molar-refractivity contribution in [3.05, 3.63) is 16.5 Å². The molecule has 15 heavy (non-hydrogen) atoms. The fourth-order valence-electron chi connectivity index (χ4n) is 1.92. The normalized spacial score (nSPS) is 21.0. The van der Waals surface area contributed by atoms with Gasteiger partial charge in [0.25, 0.3) is 0 Å². The highest BCUT2D eigenvalue weighted by Gasteiger charge is 2.26. The lowest BCUT2D eigenvalue weighted by Crippen LogP contribution is -2.31. The zero-order chi connectivity index (χ0) is 10.8. The molecule has 0 bridgehead atoms. The van der Waals surface area contributed by atoms with Crippen LogP contribution < -0.4 is 4.90 Å². The standard InChI is InChI=1S/C10H13BrClN3/c1-7-13-6-9(11)10(14-7)15-4-2-3-8(15)5-12/h6,8H,2-5H2,1H3. The molecule has 0 N–H and O–H groups in total. The van der Waals surface area contributed by atoms with E-state index in [4.69, 9.17) is 11.6 Å². The molecule has 2 heterocycles. The Labute approximate surface area is 103 Å². The minimum Gasteiger partial charge on any atom is -0.351 e. The molecule has 0 aromatic carbocycles. The summed E-state index contributed by atoms with van der Waals surface area (Å²) in [6.45, 7) is 2.94. The van der Waals surface area contributed by atoms with Gasteiger partial charge in [0, 0.05) is 24.7 Å². The third kappa shape index (κ3) is 2.26. The summed E-state index contributed by atoms with van der Waals surface area (Å²) < 4.78 is 0.949. The van der Waals surface area contributed by atoms with Gasteiger partial charge in [0.15, 0.2) is 0 Å². The third-order valence-electron chi connectivity index (χ3n) is 2.67. The fraction of sp³-hybridized carbons (Fsp3) is 0.600. The van der Waals surface area contributed by atoms with Gasteiger partial charge in [-0.05, 0) is 35.7 Å². The molecule has 1 aromatic heterocycles. The van der Waals surface area contributed by atoms with E-state index in [2.05, 4.69) is 30.8 Å². The van der Waals surface area contributed by atoms with Crippen molar-refractivity contribution >= 4 is 33.3 Å². The van der Waals surface area contributed by atoms with E-state index in [0.717, 1.165) is 29.1 Å². The minimum atomic E-state index is 0.414. The van der Waals surface area contributed by atoms with Crippen LogP contribution in [0, 0.1) is 6.92 Å². The molecular formula is C10H13BrClN3. The van der Waals surface area contributed by atoms with Crippen molar-refractivity contribution in [3.63, 3.8) is 0 Å². The second-order valence-electron chi connectivity index (χ2n) is 3.73. The van der Waals surface area contributed by atoms with Crippen LogP contribution in [0.15, 0.2) is 10.7 Å². The van der Waals surface area contributed by atoms with Crippen molar-refractivity contribution in [2.24, 2.45) is 0 Å². The largest absolute Gasteiger partial charge is 0.351 e. The molecule has 0 spiro atoms. The highest BCUT2D eigenvalue weighted by atomic mass is 79.9. The lowest BCUT2D eigenvalue weighted by Gasteiger charge is -2.24.